The first-order valence-electron chi connectivity index (χ1n) is 5.78. The molecule has 0 unspecified atom stereocenters. The van der Waals surface area contributed by atoms with Gasteiger partial charge in [0.25, 0.3) is 0 Å². The van der Waals surface area contributed by atoms with Crippen LogP contribution in [0.3, 0.4) is 0 Å². The van der Waals surface area contributed by atoms with E-state index in [0.29, 0.717) is 31.4 Å². The summed E-state index contributed by atoms with van der Waals surface area (Å²) in [7, 11) is 0. The summed E-state index contributed by atoms with van der Waals surface area (Å²) in [5, 5.41) is 9.51. The third-order valence-electron chi connectivity index (χ3n) is 3.63. The third-order valence-corrected chi connectivity index (χ3v) is 3.63. The van der Waals surface area contributed by atoms with Crippen LogP contribution in [0.5, 0.6) is 0 Å². The Morgan fingerprint density at radius 1 is 1.35 bits per heavy atom. The fraction of sp³-hybridized carbons (Fsp3) is 0.538. The van der Waals surface area contributed by atoms with Crippen molar-refractivity contribution in [2.75, 3.05) is 0 Å². The summed E-state index contributed by atoms with van der Waals surface area (Å²) in [5.41, 5.74) is -0.203. The Hall–Kier alpha value is -1.58. The number of hydrogen-bond donors (Lipinski definition) is 1. The molecule has 0 amide bonds. The van der Waals surface area contributed by atoms with Crippen LogP contribution in [0.2, 0.25) is 0 Å². The molecule has 17 heavy (non-hydrogen) atoms. The van der Waals surface area contributed by atoms with E-state index in [0.717, 1.165) is 11.3 Å². The molecular formula is C13H16O4. The van der Waals surface area contributed by atoms with Gasteiger partial charge in [-0.05, 0) is 32.8 Å². The molecule has 0 atom stereocenters. The van der Waals surface area contributed by atoms with E-state index >= 15 is 0 Å². The highest BCUT2D eigenvalue weighted by atomic mass is 16.4. The van der Waals surface area contributed by atoms with Crippen LogP contribution in [0.1, 0.15) is 42.8 Å². The van der Waals surface area contributed by atoms with Crippen molar-refractivity contribution in [1.29, 1.82) is 0 Å². The minimum absolute atomic E-state index is 0.153. The average Bonchev–Trinajstić information content (AvgIpc) is 2.59. The fourth-order valence-corrected chi connectivity index (χ4v) is 2.66. The summed E-state index contributed by atoms with van der Waals surface area (Å²) in [6.45, 7) is 3.59. The lowest BCUT2D eigenvalue weighted by atomic mass is 9.69. The Morgan fingerprint density at radius 3 is 2.35 bits per heavy atom. The number of aryl methyl sites for hydroxylation is 2. The van der Waals surface area contributed by atoms with Crippen molar-refractivity contribution in [2.24, 2.45) is 0 Å². The first kappa shape index (κ1) is 11.9. The second-order valence-corrected chi connectivity index (χ2v) is 4.75. The van der Waals surface area contributed by atoms with Crippen molar-refractivity contribution in [1.82, 2.24) is 0 Å². The van der Waals surface area contributed by atoms with Crippen LogP contribution in [-0.4, -0.2) is 16.9 Å². The Bertz CT molecular complexity index is 460. The van der Waals surface area contributed by atoms with Crippen LogP contribution in [0.4, 0.5) is 0 Å². The molecule has 1 N–H and O–H groups in total. The van der Waals surface area contributed by atoms with Crippen molar-refractivity contribution in [3.8, 4) is 0 Å². The minimum atomic E-state index is -0.935. The number of rotatable bonds is 2. The molecule has 92 valence electrons. The van der Waals surface area contributed by atoms with E-state index in [4.69, 9.17) is 4.42 Å². The van der Waals surface area contributed by atoms with Crippen molar-refractivity contribution in [3.63, 3.8) is 0 Å². The number of carboxylic acid groups (broad SMARTS) is 1. The zero-order valence-corrected chi connectivity index (χ0v) is 10.1. The molecule has 1 fully saturated rings. The smallest absolute Gasteiger partial charge is 0.314 e. The molecule has 1 aromatic rings. The predicted octanol–water partition coefficient (Wildman–Crippen LogP) is 2.36. The number of aliphatic carboxylic acids is 1. The number of Topliss-reactive ketones (excluding diaryl/α,β-unsaturated/α-hetero) is 1. The topological polar surface area (TPSA) is 67.5 Å². The lowest BCUT2D eigenvalue weighted by molar-refractivity contribution is -0.146. The van der Waals surface area contributed by atoms with Gasteiger partial charge in [0.2, 0.25) is 0 Å². The third kappa shape index (κ3) is 1.88. The van der Waals surface area contributed by atoms with E-state index in [-0.39, 0.29) is 5.78 Å². The van der Waals surface area contributed by atoms with Crippen LogP contribution < -0.4 is 0 Å². The van der Waals surface area contributed by atoms with Crippen LogP contribution in [0.15, 0.2) is 10.5 Å². The monoisotopic (exact) mass is 236 g/mol. The number of ketones is 1. The molecule has 4 nitrogen and oxygen atoms in total. The summed E-state index contributed by atoms with van der Waals surface area (Å²) in [6.07, 6.45) is 1.44. The second-order valence-electron chi connectivity index (χ2n) is 4.75. The predicted molar refractivity (Wildman–Crippen MR) is 61.0 cm³/mol. The molecule has 0 aliphatic heterocycles. The van der Waals surface area contributed by atoms with Gasteiger partial charge in [0.15, 0.2) is 0 Å². The van der Waals surface area contributed by atoms with Gasteiger partial charge >= 0.3 is 5.97 Å². The summed E-state index contributed by atoms with van der Waals surface area (Å²) in [6, 6.07) is 1.79. The van der Waals surface area contributed by atoms with Gasteiger partial charge in [-0.2, -0.15) is 0 Å². The maximum Gasteiger partial charge on any atom is 0.314 e. The largest absolute Gasteiger partial charge is 0.481 e. The Labute approximate surface area is 99.6 Å². The Morgan fingerprint density at radius 2 is 1.94 bits per heavy atom. The number of carboxylic acids is 1. The number of hydrogen-bond acceptors (Lipinski definition) is 3. The zero-order chi connectivity index (χ0) is 12.6. The van der Waals surface area contributed by atoms with E-state index < -0.39 is 11.4 Å². The zero-order valence-electron chi connectivity index (χ0n) is 10.1. The summed E-state index contributed by atoms with van der Waals surface area (Å²) >= 11 is 0. The highest BCUT2D eigenvalue weighted by molar-refractivity contribution is 5.87. The van der Waals surface area contributed by atoms with E-state index in [9.17, 15) is 14.7 Å². The van der Waals surface area contributed by atoms with E-state index in [2.05, 4.69) is 0 Å². The number of carbonyl (C=O) groups excluding carboxylic acids is 1. The summed E-state index contributed by atoms with van der Waals surface area (Å²) in [4.78, 5) is 22.9. The van der Waals surface area contributed by atoms with E-state index in [1.54, 1.807) is 19.9 Å². The highest BCUT2D eigenvalue weighted by Crippen LogP contribution is 2.41. The molecule has 0 aromatic carbocycles. The molecule has 2 rings (SSSR count). The summed E-state index contributed by atoms with van der Waals surface area (Å²) < 4.78 is 5.42. The van der Waals surface area contributed by atoms with E-state index in [1.807, 2.05) is 0 Å². The van der Waals surface area contributed by atoms with Crippen molar-refractivity contribution in [3.05, 3.63) is 23.2 Å². The quantitative estimate of drug-likeness (QED) is 0.855. The molecule has 1 aliphatic rings. The molecular weight excluding hydrogens is 220 g/mol. The summed E-state index contributed by atoms with van der Waals surface area (Å²) in [5.74, 6) is 0.669. The maximum absolute atomic E-state index is 11.6. The van der Waals surface area contributed by atoms with Gasteiger partial charge in [-0.25, -0.2) is 0 Å². The van der Waals surface area contributed by atoms with Gasteiger partial charge in [0.05, 0.1) is 5.41 Å². The molecule has 1 aliphatic carbocycles. The maximum atomic E-state index is 11.6. The first-order valence-corrected chi connectivity index (χ1v) is 5.78. The molecule has 1 saturated carbocycles. The fourth-order valence-electron chi connectivity index (χ4n) is 2.66. The first-order chi connectivity index (χ1) is 7.95. The van der Waals surface area contributed by atoms with Crippen LogP contribution in [0, 0.1) is 13.8 Å². The number of furan rings is 1. The van der Waals surface area contributed by atoms with Gasteiger partial charge in [-0.3, -0.25) is 9.59 Å². The second kappa shape index (κ2) is 4.02. The number of carbonyl (C=O) groups is 2. The molecule has 4 heteroatoms. The molecule has 1 heterocycles. The molecule has 0 saturated heterocycles. The molecule has 0 bridgehead atoms. The van der Waals surface area contributed by atoms with Crippen molar-refractivity contribution in [2.45, 2.75) is 44.9 Å². The van der Waals surface area contributed by atoms with E-state index in [1.165, 1.54) is 0 Å². The SMILES string of the molecule is Cc1cc(C2(C(=O)O)CCC(=O)CC2)c(C)o1. The highest BCUT2D eigenvalue weighted by Gasteiger charge is 2.45. The van der Waals surface area contributed by atoms with Gasteiger partial charge in [-0.1, -0.05) is 0 Å². The van der Waals surface area contributed by atoms with Gasteiger partial charge < -0.3 is 9.52 Å². The van der Waals surface area contributed by atoms with Gasteiger partial charge in [0.1, 0.15) is 17.3 Å². The Balaban J connectivity index is 2.45. The average molecular weight is 236 g/mol. The lowest BCUT2D eigenvalue weighted by Crippen LogP contribution is -2.40. The van der Waals surface area contributed by atoms with Crippen LogP contribution in [-0.2, 0) is 15.0 Å². The van der Waals surface area contributed by atoms with Crippen molar-refractivity contribution >= 4 is 11.8 Å². The molecule has 1 aromatic heterocycles. The Kier molecular flexibility index (Phi) is 2.81. The van der Waals surface area contributed by atoms with Crippen molar-refractivity contribution < 1.29 is 19.1 Å². The van der Waals surface area contributed by atoms with Gasteiger partial charge in [-0.15, -0.1) is 0 Å². The van der Waals surface area contributed by atoms with Crippen LogP contribution >= 0.6 is 0 Å². The molecule has 0 spiro atoms. The normalized spacial score (nSPS) is 19.3. The minimum Gasteiger partial charge on any atom is -0.481 e. The standard InChI is InChI=1S/C13H16O4/c1-8-7-11(9(2)17-8)13(12(15)16)5-3-10(14)4-6-13/h7H,3-6H2,1-2H3,(H,15,16). The molecule has 0 radical (unpaired) electrons. The van der Waals surface area contributed by atoms with Gasteiger partial charge in [0, 0.05) is 18.4 Å². The van der Waals surface area contributed by atoms with Crippen LogP contribution in [0.25, 0.3) is 0 Å². The lowest BCUT2D eigenvalue weighted by Gasteiger charge is -2.32.